The molecule has 0 bridgehead atoms. The topological polar surface area (TPSA) is 56.8 Å². The number of ether oxygens (including phenoxy) is 3. The number of benzene rings is 1. The summed E-state index contributed by atoms with van der Waals surface area (Å²) in [5.41, 5.74) is 1.11. The second-order valence-corrected chi connectivity index (χ2v) is 6.25. The van der Waals surface area contributed by atoms with Gasteiger partial charge in [0.2, 0.25) is 0 Å². The summed E-state index contributed by atoms with van der Waals surface area (Å²) >= 11 is 0. The molecule has 5 nitrogen and oxygen atoms in total. The van der Waals surface area contributed by atoms with Crippen molar-refractivity contribution in [3.8, 4) is 5.75 Å². The summed E-state index contributed by atoms with van der Waals surface area (Å²) in [7, 11) is 0. The molecule has 0 fully saturated rings. The SMILES string of the molecule is CCNc1ccc(OCCCOCCCCOCC(=O)C(C)C)cc1. The first kappa shape index (κ1) is 21.5. The lowest BCUT2D eigenvalue weighted by atomic mass is 10.1. The highest BCUT2D eigenvalue weighted by Gasteiger charge is 2.06. The van der Waals surface area contributed by atoms with Gasteiger partial charge < -0.3 is 19.5 Å². The van der Waals surface area contributed by atoms with E-state index in [1.54, 1.807) is 0 Å². The van der Waals surface area contributed by atoms with Crippen LogP contribution in [-0.4, -0.2) is 45.4 Å². The zero-order chi connectivity index (χ0) is 18.3. The van der Waals surface area contributed by atoms with Gasteiger partial charge in [0.05, 0.1) is 6.61 Å². The van der Waals surface area contributed by atoms with Gasteiger partial charge in [-0.05, 0) is 44.0 Å². The molecule has 0 spiro atoms. The first-order valence-electron chi connectivity index (χ1n) is 9.28. The molecule has 1 rings (SSSR count). The molecule has 0 heterocycles. The summed E-state index contributed by atoms with van der Waals surface area (Å²) in [5, 5.41) is 3.25. The molecule has 1 N–H and O–H groups in total. The Hall–Kier alpha value is -1.59. The Morgan fingerprint density at radius 3 is 2.24 bits per heavy atom. The third kappa shape index (κ3) is 10.8. The van der Waals surface area contributed by atoms with Crippen molar-refractivity contribution in [3.05, 3.63) is 24.3 Å². The van der Waals surface area contributed by atoms with Gasteiger partial charge in [-0.2, -0.15) is 0 Å². The highest BCUT2D eigenvalue weighted by Crippen LogP contribution is 2.15. The van der Waals surface area contributed by atoms with Gasteiger partial charge in [-0.3, -0.25) is 4.79 Å². The number of hydrogen-bond donors (Lipinski definition) is 1. The quantitative estimate of drug-likeness (QED) is 0.485. The van der Waals surface area contributed by atoms with Crippen LogP contribution in [0, 0.1) is 5.92 Å². The average Bonchev–Trinajstić information content (AvgIpc) is 2.61. The van der Waals surface area contributed by atoms with E-state index in [0.717, 1.165) is 43.9 Å². The van der Waals surface area contributed by atoms with Gasteiger partial charge in [0.1, 0.15) is 12.4 Å². The molecule has 142 valence electrons. The number of hydrogen-bond acceptors (Lipinski definition) is 5. The van der Waals surface area contributed by atoms with E-state index in [2.05, 4.69) is 12.2 Å². The van der Waals surface area contributed by atoms with Crippen LogP contribution in [-0.2, 0) is 14.3 Å². The van der Waals surface area contributed by atoms with Gasteiger partial charge >= 0.3 is 0 Å². The maximum atomic E-state index is 11.4. The van der Waals surface area contributed by atoms with Gasteiger partial charge in [-0.1, -0.05) is 13.8 Å². The largest absolute Gasteiger partial charge is 0.494 e. The van der Waals surface area contributed by atoms with Crippen molar-refractivity contribution in [1.82, 2.24) is 0 Å². The van der Waals surface area contributed by atoms with E-state index < -0.39 is 0 Å². The lowest BCUT2D eigenvalue weighted by Gasteiger charge is -2.09. The molecule has 0 aliphatic carbocycles. The second kappa shape index (κ2) is 13.7. The summed E-state index contributed by atoms with van der Waals surface area (Å²) in [6.45, 7) is 9.69. The van der Waals surface area contributed by atoms with Crippen LogP contribution in [0.4, 0.5) is 5.69 Å². The van der Waals surface area contributed by atoms with Crippen LogP contribution in [0.3, 0.4) is 0 Å². The minimum absolute atomic E-state index is 0.0523. The maximum Gasteiger partial charge on any atom is 0.160 e. The Kier molecular flexibility index (Phi) is 11.7. The molecule has 1 aromatic rings. The third-order valence-electron chi connectivity index (χ3n) is 3.65. The summed E-state index contributed by atoms with van der Waals surface area (Å²) in [6, 6.07) is 7.99. The summed E-state index contributed by atoms with van der Waals surface area (Å²) < 4.78 is 16.6. The standard InChI is InChI=1S/C20H33NO4/c1-4-21-18-8-10-19(11-9-18)25-15-7-14-23-12-5-6-13-24-16-20(22)17(2)3/h8-11,17,21H,4-7,12-16H2,1-3H3. The molecule has 0 unspecified atom stereocenters. The number of rotatable bonds is 15. The molecule has 0 atom stereocenters. The van der Waals surface area contributed by atoms with Crippen LogP contribution in [0.2, 0.25) is 0 Å². The molecule has 0 aliphatic rings. The Balaban J connectivity index is 1.89. The molecule has 0 radical (unpaired) electrons. The van der Waals surface area contributed by atoms with Gasteiger partial charge in [0.15, 0.2) is 5.78 Å². The smallest absolute Gasteiger partial charge is 0.160 e. The Bertz CT molecular complexity index is 459. The molecule has 0 saturated carbocycles. The van der Waals surface area contributed by atoms with Crippen LogP contribution in [0.5, 0.6) is 5.75 Å². The highest BCUT2D eigenvalue weighted by atomic mass is 16.5. The number of carbonyl (C=O) groups is 1. The van der Waals surface area contributed by atoms with Crippen molar-refractivity contribution in [2.24, 2.45) is 5.92 Å². The van der Waals surface area contributed by atoms with E-state index in [-0.39, 0.29) is 18.3 Å². The predicted octanol–water partition coefficient (Wildman–Crippen LogP) is 3.93. The molecule has 0 aromatic heterocycles. The second-order valence-electron chi connectivity index (χ2n) is 6.25. The number of anilines is 1. The van der Waals surface area contributed by atoms with Crippen LogP contribution in [0.25, 0.3) is 0 Å². The van der Waals surface area contributed by atoms with E-state index in [1.165, 1.54) is 0 Å². The molecule has 0 saturated heterocycles. The van der Waals surface area contributed by atoms with Crippen LogP contribution in [0.1, 0.15) is 40.0 Å². The Morgan fingerprint density at radius 1 is 0.960 bits per heavy atom. The lowest BCUT2D eigenvalue weighted by molar-refractivity contribution is -0.126. The van der Waals surface area contributed by atoms with Gasteiger partial charge in [0.25, 0.3) is 0 Å². The van der Waals surface area contributed by atoms with Crippen molar-refractivity contribution < 1.29 is 19.0 Å². The lowest BCUT2D eigenvalue weighted by Crippen LogP contribution is -2.15. The predicted molar refractivity (Wildman–Crippen MR) is 101 cm³/mol. The highest BCUT2D eigenvalue weighted by molar-refractivity contribution is 5.81. The zero-order valence-corrected chi connectivity index (χ0v) is 15.9. The number of Topliss-reactive ketones (excluding diaryl/α,β-unsaturated/α-hetero) is 1. The summed E-state index contributed by atoms with van der Waals surface area (Å²) in [4.78, 5) is 11.4. The molecule has 25 heavy (non-hydrogen) atoms. The fourth-order valence-corrected chi connectivity index (χ4v) is 2.07. The van der Waals surface area contributed by atoms with Gasteiger partial charge in [0, 0.05) is 44.4 Å². The van der Waals surface area contributed by atoms with Crippen molar-refractivity contribution in [2.75, 3.05) is 44.9 Å². The van der Waals surface area contributed by atoms with E-state index >= 15 is 0 Å². The molecule has 0 aliphatic heterocycles. The first-order chi connectivity index (χ1) is 12.1. The third-order valence-corrected chi connectivity index (χ3v) is 3.65. The van der Waals surface area contributed by atoms with Gasteiger partial charge in [-0.25, -0.2) is 0 Å². The number of carbonyl (C=O) groups excluding carboxylic acids is 1. The average molecular weight is 351 g/mol. The molecular formula is C20H33NO4. The number of nitrogens with one attached hydrogen (secondary N) is 1. The van der Waals surface area contributed by atoms with E-state index in [1.807, 2.05) is 38.1 Å². The molecular weight excluding hydrogens is 318 g/mol. The summed E-state index contributed by atoms with van der Waals surface area (Å²) in [5.74, 6) is 1.10. The van der Waals surface area contributed by atoms with E-state index in [9.17, 15) is 4.79 Å². The van der Waals surface area contributed by atoms with Crippen LogP contribution < -0.4 is 10.1 Å². The maximum absolute atomic E-state index is 11.4. The van der Waals surface area contributed by atoms with Crippen molar-refractivity contribution in [2.45, 2.75) is 40.0 Å². The minimum Gasteiger partial charge on any atom is -0.494 e. The fraction of sp³-hybridized carbons (Fsp3) is 0.650. The van der Waals surface area contributed by atoms with E-state index in [0.29, 0.717) is 19.8 Å². The zero-order valence-electron chi connectivity index (χ0n) is 15.9. The first-order valence-corrected chi connectivity index (χ1v) is 9.28. The van der Waals surface area contributed by atoms with Crippen LogP contribution in [0.15, 0.2) is 24.3 Å². The fourth-order valence-electron chi connectivity index (χ4n) is 2.07. The number of unbranched alkanes of at least 4 members (excludes halogenated alkanes) is 1. The van der Waals surface area contributed by atoms with Crippen molar-refractivity contribution >= 4 is 11.5 Å². The minimum atomic E-state index is 0.0523. The Labute approximate surface area is 152 Å². The van der Waals surface area contributed by atoms with Crippen molar-refractivity contribution in [3.63, 3.8) is 0 Å². The summed E-state index contributed by atoms with van der Waals surface area (Å²) in [6.07, 6.45) is 2.73. The monoisotopic (exact) mass is 351 g/mol. The number of ketones is 1. The normalized spacial score (nSPS) is 10.9. The van der Waals surface area contributed by atoms with E-state index in [4.69, 9.17) is 14.2 Å². The molecule has 0 amide bonds. The molecule has 1 aromatic carbocycles. The van der Waals surface area contributed by atoms with Crippen LogP contribution >= 0.6 is 0 Å². The van der Waals surface area contributed by atoms with Gasteiger partial charge in [-0.15, -0.1) is 0 Å². The Morgan fingerprint density at radius 2 is 1.60 bits per heavy atom. The van der Waals surface area contributed by atoms with Crippen molar-refractivity contribution in [1.29, 1.82) is 0 Å². The molecule has 5 heteroatoms.